The molecule has 0 aromatic heterocycles. The lowest BCUT2D eigenvalue weighted by Gasteiger charge is -2.38. The maximum atomic E-state index is 5.50. The summed E-state index contributed by atoms with van der Waals surface area (Å²) in [4.78, 5) is 2.62. The zero-order chi connectivity index (χ0) is 12.7. The Labute approximate surface area is 110 Å². The van der Waals surface area contributed by atoms with Crippen LogP contribution in [0, 0.1) is 0 Å². The number of methoxy groups -OCH3 is 1. The predicted octanol–water partition coefficient (Wildman–Crippen LogP) is 3.21. The highest BCUT2D eigenvalue weighted by Gasteiger charge is 2.36. The molecule has 2 aliphatic rings. The van der Waals surface area contributed by atoms with E-state index in [1.54, 1.807) is 7.11 Å². The zero-order valence-electron chi connectivity index (χ0n) is 11.6. The van der Waals surface area contributed by atoms with Crippen molar-refractivity contribution < 1.29 is 4.74 Å². The molecule has 1 saturated carbocycles. The molecule has 18 heavy (non-hydrogen) atoms. The average molecular weight is 245 g/mol. The number of likely N-dealkylation sites (N-methyl/N-ethyl adjacent to an activating group) is 1. The van der Waals surface area contributed by atoms with E-state index < -0.39 is 0 Å². The van der Waals surface area contributed by atoms with Crippen LogP contribution >= 0.6 is 0 Å². The molecule has 0 saturated heterocycles. The van der Waals surface area contributed by atoms with E-state index in [1.165, 1.54) is 30.4 Å². The smallest absolute Gasteiger partial charge is 0.122 e. The first-order valence-corrected chi connectivity index (χ1v) is 7.10. The second-order valence-corrected chi connectivity index (χ2v) is 5.82. The van der Waals surface area contributed by atoms with Crippen molar-refractivity contribution in [1.82, 2.24) is 4.90 Å². The SMILES string of the molecule is COc1cccc2c1CCC(N(C)C1CC1)C2C. The highest BCUT2D eigenvalue weighted by Crippen LogP contribution is 2.41. The standard InChI is InChI=1S/C16H23NO/c1-11-13-5-4-6-16(18-3)14(13)9-10-15(11)17(2)12-7-8-12/h4-6,11-12,15H,7-10H2,1-3H3. The van der Waals surface area contributed by atoms with Crippen LogP contribution in [0.15, 0.2) is 18.2 Å². The molecule has 1 aromatic rings. The molecule has 2 atom stereocenters. The van der Waals surface area contributed by atoms with Gasteiger partial charge >= 0.3 is 0 Å². The van der Waals surface area contributed by atoms with Gasteiger partial charge in [0.1, 0.15) is 5.75 Å². The van der Waals surface area contributed by atoms with Crippen LogP contribution in [-0.2, 0) is 6.42 Å². The quantitative estimate of drug-likeness (QED) is 0.811. The van der Waals surface area contributed by atoms with E-state index in [9.17, 15) is 0 Å². The van der Waals surface area contributed by atoms with E-state index in [4.69, 9.17) is 4.74 Å². The van der Waals surface area contributed by atoms with Gasteiger partial charge in [-0.25, -0.2) is 0 Å². The summed E-state index contributed by atoms with van der Waals surface area (Å²) < 4.78 is 5.50. The molecule has 2 heteroatoms. The second-order valence-electron chi connectivity index (χ2n) is 5.82. The van der Waals surface area contributed by atoms with Crippen LogP contribution in [0.1, 0.15) is 43.2 Å². The number of fused-ring (bicyclic) bond motifs is 1. The fourth-order valence-electron chi connectivity index (χ4n) is 3.53. The van der Waals surface area contributed by atoms with Gasteiger partial charge in [-0.05, 0) is 55.8 Å². The van der Waals surface area contributed by atoms with Gasteiger partial charge in [-0.15, -0.1) is 0 Å². The Morgan fingerprint density at radius 3 is 2.67 bits per heavy atom. The van der Waals surface area contributed by atoms with E-state index in [-0.39, 0.29) is 0 Å². The van der Waals surface area contributed by atoms with E-state index >= 15 is 0 Å². The first-order valence-electron chi connectivity index (χ1n) is 7.10. The summed E-state index contributed by atoms with van der Waals surface area (Å²) in [5.74, 6) is 1.70. The first kappa shape index (κ1) is 12.0. The fourth-order valence-corrected chi connectivity index (χ4v) is 3.53. The first-order chi connectivity index (χ1) is 8.72. The van der Waals surface area contributed by atoms with Crippen LogP contribution in [0.4, 0.5) is 0 Å². The number of ether oxygens (including phenoxy) is 1. The largest absolute Gasteiger partial charge is 0.496 e. The highest BCUT2D eigenvalue weighted by molar-refractivity contribution is 5.44. The molecule has 0 heterocycles. The lowest BCUT2D eigenvalue weighted by molar-refractivity contribution is 0.187. The molecular weight excluding hydrogens is 222 g/mol. The maximum absolute atomic E-state index is 5.50. The molecule has 2 aliphatic carbocycles. The van der Waals surface area contributed by atoms with Crippen molar-refractivity contribution in [2.24, 2.45) is 0 Å². The van der Waals surface area contributed by atoms with Gasteiger partial charge < -0.3 is 4.74 Å². The molecule has 98 valence electrons. The van der Waals surface area contributed by atoms with Crippen molar-refractivity contribution in [3.05, 3.63) is 29.3 Å². The molecule has 0 N–H and O–H groups in total. The molecule has 2 unspecified atom stereocenters. The van der Waals surface area contributed by atoms with E-state index in [0.717, 1.165) is 18.2 Å². The number of nitrogens with zero attached hydrogens (tertiary/aromatic N) is 1. The Hall–Kier alpha value is -1.02. The molecule has 1 aromatic carbocycles. The summed E-state index contributed by atoms with van der Waals surface area (Å²) in [6, 6.07) is 8.07. The van der Waals surface area contributed by atoms with Gasteiger partial charge in [0, 0.05) is 12.1 Å². The summed E-state index contributed by atoms with van der Waals surface area (Å²) in [6.07, 6.45) is 5.21. The van der Waals surface area contributed by atoms with Crippen molar-refractivity contribution in [1.29, 1.82) is 0 Å². The van der Waals surface area contributed by atoms with Crippen LogP contribution in [0.2, 0.25) is 0 Å². The molecule has 0 amide bonds. The van der Waals surface area contributed by atoms with Crippen LogP contribution < -0.4 is 4.74 Å². The predicted molar refractivity (Wildman–Crippen MR) is 74.3 cm³/mol. The third-order valence-corrected chi connectivity index (χ3v) is 4.79. The Bertz CT molecular complexity index is 439. The van der Waals surface area contributed by atoms with Crippen molar-refractivity contribution in [2.45, 2.75) is 50.6 Å². The molecule has 0 spiro atoms. The molecule has 3 rings (SSSR count). The Morgan fingerprint density at radius 2 is 2.00 bits per heavy atom. The third-order valence-electron chi connectivity index (χ3n) is 4.79. The van der Waals surface area contributed by atoms with Gasteiger partial charge in [0.15, 0.2) is 0 Å². The zero-order valence-corrected chi connectivity index (χ0v) is 11.6. The topological polar surface area (TPSA) is 12.5 Å². The minimum Gasteiger partial charge on any atom is -0.496 e. The van der Waals surface area contributed by atoms with Gasteiger partial charge in [-0.1, -0.05) is 19.1 Å². The monoisotopic (exact) mass is 245 g/mol. The summed E-state index contributed by atoms with van der Waals surface area (Å²) in [7, 11) is 4.09. The molecule has 1 fully saturated rings. The highest BCUT2D eigenvalue weighted by atomic mass is 16.5. The van der Waals surface area contributed by atoms with Crippen molar-refractivity contribution >= 4 is 0 Å². The minimum atomic E-state index is 0.620. The van der Waals surface area contributed by atoms with Crippen molar-refractivity contribution in [3.63, 3.8) is 0 Å². The lowest BCUT2D eigenvalue weighted by Crippen LogP contribution is -2.40. The second kappa shape index (κ2) is 4.58. The number of hydrogen-bond acceptors (Lipinski definition) is 2. The van der Waals surface area contributed by atoms with Crippen LogP contribution in [-0.4, -0.2) is 31.1 Å². The van der Waals surface area contributed by atoms with Crippen LogP contribution in [0.25, 0.3) is 0 Å². The molecule has 0 bridgehead atoms. The molecule has 0 aliphatic heterocycles. The van der Waals surface area contributed by atoms with Gasteiger partial charge in [-0.3, -0.25) is 4.90 Å². The van der Waals surface area contributed by atoms with Gasteiger partial charge in [0.2, 0.25) is 0 Å². The van der Waals surface area contributed by atoms with E-state index in [2.05, 4.69) is 37.1 Å². The Balaban J connectivity index is 1.89. The third kappa shape index (κ3) is 1.93. The summed E-state index contributed by atoms with van der Waals surface area (Å²) in [5.41, 5.74) is 2.94. The normalized spacial score (nSPS) is 27.1. The van der Waals surface area contributed by atoms with Crippen molar-refractivity contribution in [2.75, 3.05) is 14.2 Å². The maximum Gasteiger partial charge on any atom is 0.122 e. The summed E-state index contributed by atoms with van der Waals surface area (Å²) in [6.45, 7) is 2.38. The molecule has 2 nitrogen and oxygen atoms in total. The van der Waals surface area contributed by atoms with Crippen LogP contribution in [0.3, 0.4) is 0 Å². The average Bonchev–Trinajstić information content (AvgIpc) is 3.22. The number of hydrogen-bond donors (Lipinski definition) is 0. The van der Waals surface area contributed by atoms with E-state index in [1.807, 2.05) is 0 Å². The lowest BCUT2D eigenvalue weighted by atomic mass is 9.79. The van der Waals surface area contributed by atoms with E-state index in [0.29, 0.717) is 12.0 Å². The number of rotatable bonds is 3. The summed E-state index contributed by atoms with van der Waals surface area (Å²) >= 11 is 0. The van der Waals surface area contributed by atoms with Gasteiger partial charge in [-0.2, -0.15) is 0 Å². The summed E-state index contributed by atoms with van der Waals surface area (Å²) in [5, 5.41) is 0. The molecular formula is C16H23NO. The van der Waals surface area contributed by atoms with Crippen molar-refractivity contribution in [3.8, 4) is 5.75 Å². The molecule has 0 radical (unpaired) electrons. The fraction of sp³-hybridized carbons (Fsp3) is 0.625. The van der Waals surface area contributed by atoms with Gasteiger partial charge in [0.25, 0.3) is 0 Å². The van der Waals surface area contributed by atoms with Crippen LogP contribution in [0.5, 0.6) is 5.75 Å². The Kier molecular flexibility index (Phi) is 3.06. The Morgan fingerprint density at radius 1 is 1.22 bits per heavy atom. The van der Waals surface area contributed by atoms with Gasteiger partial charge in [0.05, 0.1) is 7.11 Å². The minimum absolute atomic E-state index is 0.620. The number of benzene rings is 1.